The standard InChI is InChI=1S/C30H27NO5.C28H23NO5.C23H19BrO5.C23H19BrO4S2.C7H10BNO2.ClH.Li.H2O/c1-2-34-28(32)16-23-7-4-8-26(25-9-11-33-19-25)29(23)36-18-21-14-24-10-12-35-30(24)27(15-21)22-6-3-5-20(13-22)17-31;29-15-18-3-1-4-20(11-18)25-13-19(12-22-8-10-33-28(22)25)16-34-27-21(14-26(30)31)5-2-6-24(27)23-7-9-32-17-23;1-2-27-21(25)12-16-4-3-5-19(18-6-8-26-14-18)22(16)29-13-15-10-17-7-9-28-23(17)20(24)11-15;1-29-21(30(2)25)12-16-4-3-5-19(18-6-8-26-14-18)22(16)28-13-15-10-17-7-9-27-23(17)20(24)11-15;9-5-6-2-1-3-7(4-6)8(10)11;;;/h3-15,19H,2,16-18,31H2,1H3;1-13,17H,14-16,29H2,(H,30,31);3-11,14H,2,12-13H2,1H3;3-12,14H,13H2,1-2H3;1-4,10-11H,5,9H2;1H;;1H2/q;;;;;;+1;/p-1/b;;;21-12+;;;;. The van der Waals surface area contributed by atoms with E-state index in [2.05, 4.69) is 56.1 Å². The number of hydrogen-bond acceptors (Lipinski definition) is 25. The topological polar surface area (TPSA) is 398 Å². The minimum atomic E-state index is -1.40. The van der Waals surface area contributed by atoms with Crippen molar-refractivity contribution < 1.29 is 122 Å². The number of benzene rings is 11. The fourth-order valence-electron chi connectivity index (χ4n) is 15.9. The maximum Gasteiger partial charge on any atom is 1.00 e. The molecule has 0 bridgehead atoms. The van der Waals surface area contributed by atoms with E-state index in [0.717, 1.165) is 185 Å². The van der Waals surface area contributed by atoms with Crippen molar-refractivity contribution in [2.24, 2.45) is 17.2 Å². The molecule has 0 saturated heterocycles. The second-order valence-corrected chi connectivity index (χ2v) is 36.1. The van der Waals surface area contributed by atoms with E-state index in [-0.39, 0.29) is 74.6 Å². The van der Waals surface area contributed by atoms with Crippen molar-refractivity contribution in [3.63, 3.8) is 0 Å². The molecule has 0 saturated carbocycles. The molecule has 0 aliphatic rings. The molecule has 0 fully saturated rings. The van der Waals surface area contributed by atoms with Gasteiger partial charge in [0, 0.05) is 125 Å². The second kappa shape index (κ2) is 52.8. The number of thioether (sulfide) groups is 1. The molecule has 19 rings (SSSR count). The Morgan fingerprint density at radius 1 is 0.399 bits per heavy atom. The van der Waals surface area contributed by atoms with Gasteiger partial charge >= 0.3 is 43.9 Å². The van der Waals surface area contributed by atoms with E-state index >= 15 is 0 Å². The Morgan fingerprint density at radius 3 is 1.08 bits per heavy atom. The van der Waals surface area contributed by atoms with Crippen LogP contribution in [-0.4, -0.2) is 75.6 Å². The number of nitrogens with two attached hydrogens (primary N) is 3. The summed E-state index contributed by atoms with van der Waals surface area (Å²) < 4.78 is 93.8. The Kier molecular flexibility index (Phi) is 39.9. The van der Waals surface area contributed by atoms with Crippen LogP contribution in [0.25, 0.3) is 117 Å². The van der Waals surface area contributed by atoms with Crippen molar-refractivity contribution in [1.29, 1.82) is 0 Å². The van der Waals surface area contributed by atoms with Crippen molar-refractivity contribution >= 4 is 147 Å². The average molecular weight is 2110 g/mol. The molecule has 8 heterocycles. The van der Waals surface area contributed by atoms with Crippen LogP contribution in [-0.2, 0) is 100.0 Å². The number of carboxylic acid groups (broad SMARTS) is 1. The Labute approximate surface area is 866 Å². The fraction of sp³-hybridized carbons (Fsp3) is 0.144. The van der Waals surface area contributed by atoms with Gasteiger partial charge in [0.1, 0.15) is 71.8 Å². The minimum Gasteiger partial charge on any atom is -0.870 e. The molecule has 0 aliphatic carbocycles. The SMILES string of the molecule is CCOC(=O)Cc1cccc(-c2ccoc2)c1OCc1cc(-c2cccc(CN)c2)c2occc2c1.CCOC(=O)Cc1cccc(-c2ccoc2)c1OCc1cc(Br)c2occc2c1.CS/C(=C\c1cccc(-c2ccoc2)c1OCc1cc(Br)c2occc2c1)S(C)=O.Cl.NCc1cccc(-c2cc(COc3c(CC(=O)O)cccc3-c3ccoc3)cc3ccoc23)c1.NCc1cccc(B(O)O)c1.[Li+].[OH-]. The maximum absolute atomic E-state index is 12.3. The quantitative estimate of drug-likeness (QED) is 0.0164. The van der Waals surface area contributed by atoms with Gasteiger partial charge in [-0.15, -0.1) is 24.2 Å². The van der Waals surface area contributed by atoms with Gasteiger partial charge in [-0.25, -0.2) is 0 Å². The molecule has 1 atom stereocenters. The van der Waals surface area contributed by atoms with Crippen LogP contribution in [0.1, 0.15) is 75.0 Å². The van der Waals surface area contributed by atoms with E-state index in [0.29, 0.717) is 80.9 Å². The molecule has 728 valence electrons. The number of fused-ring (bicyclic) bond motifs is 4. The van der Waals surface area contributed by atoms with E-state index in [1.54, 1.807) is 120 Å². The number of furan rings is 8. The normalized spacial score (nSPS) is 11.1. The minimum absolute atomic E-state index is 0. The monoisotopic (exact) mass is 2100 g/mol. The molecule has 143 heavy (non-hydrogen) atoms. The zero-order valence-corrected chi connectivity index (χ0v) is 84.1. The second-order valence-electron chi connectivity index (χ2n) is 31.9. The summed E-state index contributed by atoms with van der Waals surface area (Å²) in [5.41, 5.74) is 41.6. The van der Waals surface area contributed by atoms with Crippen LogP contribution in [0.2, 0.25) is 0 Å². The molecule has 0 amide bonds. The Balaban J connectivity index is 0.000000163. The Hall–Kier alpha value is -13.8. The van der Waals surface area contributed by atoms with E-state index < -0.39 is 23.9 Å². The zero-order chi connectivity index (χ0) is 98.0. The molecule has 1 unspecified atom stereocenters. The summed E-state index contributed by atoms with van der Waals surface area (Å²) in [6.07, 6.45) is 25.4. The summed E-state index contributed by atoms with van der Waals surface area (Å²) in [5, 5.41) is 30.9. The molecule has 0 spiro atoms. The zero-order valence-electron chi connectivity index (χ0n) is 78.5. The third kappa shape index (κ3) is 28.0. The van der Waals surface area contributed by atoms with Crippen molar-refractivity contribution in [2.75, 3.05) is 25.7 Å². The number of halogens is 3. The summed E-state index contributed by atoms with van der Waals surface area (Å²) in [6, 6.07) is 77.4. The molecule has 0 aliphatic heterocycles. The largest absolute Gasteiger partial charge is 1.00 e. The van der Waals surface area contributed by atoms with Crippen molar-refractivity contribution in [3.05, 3.63) is 392 Å². The summed E-state index contributed by atoms with van der Waals surface area (Å²) in [5.74, 6) is 1.02. The maximum atomic E-state index is 12.3. The van der Waals surface area contributed by atoms with Gasteiger partial charge in [0.05, 0.1) is 132 Å². The average Bonchev–Trinajstić information content (AvgIpc) is 1.69. The number of para-hydroxylation sites is 4. The van der Waals surface area contributed by atoms with Crippen LogP contribution >= 0.6 is 56.0 Å². The van der Waals surface area contributed by atoms with Crippen LogP contribution in [0.5, 0.6) is 23.0 Å². The number of carbonyl (C=O) groups is 3. The predicted octanol–water partition coefficient (Wildman–Crippen LogP) is 21.8. The van der Waals surface area contributed by atoms with Gasteiger partial charge in [0.2, 0.25) is 0 Å². The van der Waals surface area contributed by atoms with Crippen LogP contribution in [0.3, 0.4) is 0 Å². The Morgan fingerprint density at radius 2 is 0.734 bits per heavy atom. The van der Waals surface area contributed by atoms with Crippen LogP contribution < -0.4 is 60.5 Å². The van der Waals surface area contributed by atoms with Crippen LogP contribution in [0.15, 0.2) is 366 Å². The number of hydrogen-bond donors (Lipinski definition) is 6. The predicted molar refractivity (Wildman–Crippen MR) is 562 cm³/mol. The number of ether oxygens (including phenoxy) is 6. The first-order chi connectivity index (χ1) is 68.2. The van der Waals surface area contributed by atoms with Gasteiger partial charge in [-0.1, -0.05) is 133 Å². The first kappa shape index (κ1) is 108. The first-order valence-corrected chi connectivity index (χ1v) is 48.9. The van der Waals surface area contributed by atoms with E-state index in [1.165, 1.54) is 11.8 Å². The number of carbonyl (C=O) groups excluding carboxylic acids is 2. The summed E-state index contributed by atoms with van der Waals surface area (Å²) in [7, 11) is -2.48. The van der Waals surface area contributed by atoms with E-state index in [1.807, 2.05) is 206 Å². The molecule has 19 aromatic rings. The smallest absolute Gasteiger partial charge is 0.870 e. The molecule has 8 aromatic heterocycles. The van der Waals surface area contributed by atoms with Crippen molar-refractivity contribution in [2.45, 2.75) is 79.2 Å². The van der Waals surface area contributed by atoms with Crippen LogP contribution in [0, 0.1) is 0 Å². The Bertz CT molecular complexity index is 7490. The molecular weight excluding hydrogens is 2000 g/mol. The molecule has 11 aromatic carbocycles. The van der Waals surface area contributed by atoms with Gasteiger partial charge < -0.3 is 102 Å². The summed E-state index contributed by atoms with van der Waals surface area (Å²) in [6.45, 7) is 6.86. The number of carboxylic acids is 1. The van der Waals surface area contributed by atoms with E-state index in [4.69, 9.17) is 91.0 Å². The van der Waals surface area contributed by atoms with Gasteiger partial charge in [-0.05, 0) is 223 Å². The van der Waals surface area contributed by atoms with Gasteiger partial charge in [-0.2, -0.15) is 0 Å². The summed E-state index contributed by atoms with van der Waals surface area (Å²) in [4.78, 5) is 35.8. The van der Waals surface area contributed by atoms with Crippen molar-refractivity contribution in [3.8, 4) is 89.8 Å². The van der Waals surface area contributed by atoms with Crippen LogP contribution in [0.4, 0.5) is 0 Å². The van der Waals surface area contributed by atoms with E-state index in [9.17, 15) is 23.7 Å². The summed E-state index contributed by atoms with van der Waals surface area (Å²) >= 11 is 8.58. The molecule has 10 N–H and O–H groups in total. The number of esters is 2. The van der Waals surface area contributed by atoms with Gasteiger partial charge in [0.25, 0.3) is 0 Å². The fourth-order valence-corrected chi connectivity index (χ4v) is 18.6. The first-order valence-electron chi connectivity index (χ1n) is 44.5. The third-order valence-corrected chi connectivity index (χ3v) is 25.9. The molecule has 32 heteroatoms. The molecule has 25 nitrogen and oxygen atoms in total. The third-order valence-electron chi connectivity index (χ3n) is 22.4. The van der Waals surface area contributed by atoms with Crippen molar-refractivity contribution in [1.82, 2.24) is 0 Å². The number of aliphatic carboxylic acids is 1. The molecular formula is C111H100BBr2ClLiN3O22S2. The van der Waals surface area contributed by atoms with Gasteiger partial charge in [0.15, 0.2) is 0 Å². The van der Waals surface area contributed by atoms with Gasteiger partial charge in [-0.3, -0.25) is 18.6 Å². The molecule has 0 radical (unpaired) electrons. The number of rotatable bonds is 33.